The number of anilines is 1. The molecule has 2 aliphatic heterocycles. The summed E-state index contributed by atoms with van der Waals surface area (Å²) in [7, 11) is -3.58. The lowest BCUT2D eigenvalue weighted by Gasteiger charge is -2.33. The van der Waals surface area contributed by atoms with Gasteiger partial charge in [-0.25, -0.2) is 22.8 Å². The summed E-state index contributed by atoms with van der Waals surface area (Å²) < 4.78 is 57.0. The number of carbonyl (C=O) groups excluding carboxylic acids is 1. The van der Waals surface area contributed by atoms with Gasteiger partial charge in [-0.3, -0.25) is 9.52 Å². The Kier molecular flexibility index (Phi) is 6.34. The Hall–Kier alpha value is -4.24. The van der Waals surface area contributed by atoms with Gasteiger partial charge in [0.2, 0.25) is 21.9 Å². The van der Waals surface area contributed by atoms with Gasteiger partial charge in [-0.2, -0.15) is 9.07 Å². The molecule has 2 aliphatic rings. The molecule has 40 heavy (non-hydrogen) atoms. The smallest absolute Gasteiger partial charge is 0.247 e. The first-order valence-corrected chi connectivity index (χ1v) is 14.3. The second kappa shape index (κ2) is 9.75. The van der Waals surface area contributed by atoms with Crippen molar-refractivity contribution in [2.45, 2.75) is 31.3 Å². The number of fused-ring (bicyclic) bond motifs is 1. The highest BCUT2D eigenvalue weighted by atomic mass is 35.5. The number of hydrogen-bond acceptors (Lipinski definition) is 8. The Morgan fingerprint density at radius 2 is 2.02 bits per heavy atom. The molecule has 16 heteroatoms. The Bertz CT molecular complexity index is 1780. The van der Waals surface area contributed by atoms with Crippen LogP contribution in [0.15, 0.2) is 42.9 Å². The van der Waals surface area contributed by atoms with Crippen LogP contribution in [0, 0.1) is 11.8 Å². The predicted molar refractivity (Wildman–Crippen MR) is 140 cm³/mol. The van der Waals surface area contributed by atoms with Crippen LogP contribution in [0.25, 0.3) is 22.5 Å². The fourth-order valence-electron chi connectivity index (χ4n) is 5.25. The Labute approximate surface area is 231 Å². The van der Waals surface area contributed by atoms with Gasteiger partial charge in [0.1, 0.15) is 23.7 Å². The SMILES string of the molecule is CS(=O)(=O)Nc1cc(-c2nc(C3CCC4CC(c5c(-n6cnnn6)ccc(Cl)c5F)=CC(=O)N43)[nH]c2F)ccn1. The maximum absolute atomic E-state index is 15.3. The number of pyridine rings is 1. The van der Waals surface area contributed by atoms with E-state index in [4.69, 9.17) is 11.6 Å². The summed E-state index contributed by atoms with van der Waals surface area (Å²) in [5.41, 5.74) is 1.19. The fourth-order valence-corrected chi connectivity index (χ4v) is 5.90. The summed E-state index contributed by atoms with van der Waals surface area (Å²) >= 11 is 6.08. The molecule has 0 saturated carbocycles. The average Bonchev–Trinajstić information content (AvgIpc) is 3.64. The number of amides is 1. The zero-order valence-corrected chi connectivity index (χ0v) is 22.3. The van der Waals surface area contributed by atoms with E-state index in [9.17, 15) is 13.2 Å². The average molecular weight is 588 g/mol. The molecule has 0 bridgehead atoms. The highest BCUT2D eigenvalue weighted by Crippen LogP contribution is 2.44. The predicted octanol–water partition coefficient (Wildman–Crippen LogP) is 3.27. The molecule has 0 spiro atoms. The molecule has 3 aromatic heterocycles. The first-order chi connectivity index (χ1) is 19.1. The zero-order valence-electron chi connectivity index (χ0n) is 20.7. The summed E-state index contributed by atoms with van der Waals surface area (Å²) in [6.45, 7) is 0. The topological polar surface area (TPSA) is 152 Å². The molecule has 1 fully saturated rings. The van der Waals surface area contributed by atoms with Crippen LogP contribution >= 0.6 is 11.6 Å². The summed E-state index contributed by atoms with van der Waals surface area (Å²) in [6, 6.07) is 5.00. The van der Waals surface area contributed by atoms with Crippen LogP contribution in [0.4, 0.5) is 14.6 Å². The van der Waals surface area contributed by atoms with Gasteiger partial charge in [-0.1, -0.05) is 11.6 Å². The van der Waals surface area contributed by atoms with E-state index in [0.717, 1.165) is 6.26 Å². The monoisotopic (exact) mass is 587 g/mol. The maximum Gasteiger partial charge on any atom is 0.247 e. The third kappa shape index (κ3) is 4.70. The van der Waals surface area contributed by atoms with Gasteiger partial charge in [0, 0.05) is 29.4 Å². The number of tetrazole rings is 1. The van der Waals surface area contributed by atoms with Crippen molar-refractivity contribution >= 4 is 38.9 Å². The molecule has 1 amide bonds. The van der Waals surface area contributed by atoms with Crippen LogP contribution in [0.1, 0.15) is 36.7 Å². The second-order valence-corrected chi connectivity index (χ2v) is 11.6. The molecule has 2 atom stereocenters. The standard InChI is InChI=1S/C24H20ClF2N9O3S/c1-40(38,39)32-18-9-12(6-7-28-18)22-23(27)31-24(30-22)17-4-2-14-8-13(10-19(37)36(14)17)20-16(35-11-29-33-34-35)5-3-15(25)21(20)26/h3,5-7,9-11,14,17H,2,4,8H2,1H3,(H,28,32)(H,30,31). The molecule has 0 aliphatic carbocycles. The molecule has 6 rings (SSSR count). The largest absolute Gasteiger partial charge is 0.326 e. The molecule has 1 saturated heterocycles. The van der Waals surface area contributed by atoms with E-state index in [1.54, 1.807) is 11.0 Å². The van der Waals surface area contributed by atoms with Gasteiger partial charge in [0.25, 0.3) is 0 Å². The molecular formula is C24H20ClF2N9O3S. The molecule has 1 aromatic carbocycles. The maximum atomic E-state index is 15.3. The van der Waals surface area contributed by atoms with Gasteiger partial charge in [-0.15, -0.1) is 5.10 Å². The Balaban J connectivity index is 1.31. The van der Waals surface area contributed by atoms with Crippen LogP contribution in [0.2, 0.25) is 5.02 Å². The van der Waals surface area contributed by atoms with Crippen LogP contribution in [0.3, 0.4) is 0 Å². The van der Waals surface area contributed by atoms with Crippen LogP contribution in [-0.4, -0.2) is 66.7 Å². The first kappa shape index (κ1) is 26.0. The van der Waals surface area contributed by atoms with Crippen molar-refractivity contribution in [2.24, 2.45) is 0 Å². The minimum absolute atomic E-state index is 0.0167. The first-order valence-electron chi connectivity index (χ1n) is 12.0. The molecule has 0 radical (unpaired) electrons. The van der Waals surface area contributed by atoms with E-state index in [1.807, 2.05) is 0 Å². The van der Waals surface area contributed by atoms with Gasteiger partial charge in [0.15, 0.2) is 5.82 Å². The number of sulfonamides is 1. The van der Waals surface area contributed by atoms with Crippen molar-refractivity contribution in [3.63, 3.8) is 0 Å². The molecule has 4 aromatic rings. The molecular weight excluding hydrogens is 568 g/mol. The number of nitrogens with one attached hydrogen (secondary N) is 2. The quantitative estimate of drug-likeness (QED) is 0.349. The fraction of sp³-hybridized carbons (Fsp3) is 0.250. The van der Waals surface area contributed by atoms with Crippen LogP contribution in [-0.2, 0) is 14.8 Å². The molecule has 12 nitrogen and oxygen atoms in total. The highest BCUT2D eigenvalue weighted by molar-refractivity contribution is 7.92. The molecule has 2 N–H and O–H groups in total. The van der Waals surface area contributed by atoms with E-state index in [-0.39, 0.29) is 39.9 Å². The number of carbonyl (C=O) groups is 1. The lowest BCUT2D eigenvalue weighted by atomic mass is 9.92. The van der Waals surface area contributed by atoms with Gasteiger partial charge >= 0.3 is 0 Å². The van der Waals surface area contributed by atoms with Crippen molar-refractivity contribution in [3.8, 4) is 16.9 Å². The van der Waals surface area contributed by atoms with Gasteiger partial charge < -0.3 is 9.88 Å². The molecule has 5 heterocycles. The number of nitrogens with zero attached hydrogens (tertiary/aromatic N) is 7. The Morgan fingerprint density at radius 1 is 1.20 bits per heavy atom. The van der Waals surface area contributed by atoms with E-state index in [2.05, 4.69) is 35.2 Å². The number of imidazole rings is 1. The van der Waals surface area contributed by atoms with E-state index in [0.29, 0.717) is 36.1 Å². The number of hydrogen-bond donors (Lipinski definition) is 2. The summed E-state index contributed by atoms with van der Waals surface area (Å²) in [5.74, 6) is -1.53. The third-order valence-corrected chi connectivity index (χ3v) is 7.69. The number of H-pyrrole nitrogens is 1. The summed E-state index contributed by atoms with van der Waals surface area (Å²) in [6.07, 6.45) is 6.39. The molecule has 206 valence electrons. The van der Waals surface area contributed by atoms with E-state index < -0.39 is 27.8 Å². The highest BCUT2D eigenvalue weighted by Gasteiger charge is 2.42. The summed E-state index contributed by atoms with van der Waals surface area (Å²) in [5, 5.41) is 11.0. The van der Waals surface area contributed by atoms with Crippen molar-refractivity contribution in [2.75, 3.05) is 11.0 Å². The normalized spacial score (nSPS) is 19.1. The number of aromatic nitrogens is 7. The number of rotatable bonds is 6. The number of aromatic amines is 1. The zero-order chi connectivity index (χ0) is 28.2. The van der Waals surface area contributed by atoms with Crippen LogP contribution in [0.5, 0.6) is 0 Å². The lowest BCUT2D eigenvalue weighted by molar-refractivity contribution is -0.129. The lowest BCUT2D eigenvalue weighted by Crippen LogP contribution is -2.39. The van der Waals surface area contributed by atoms with Crippen molar-refractivity contribution in [1.29, 1.82) is 0 Å². The van der Waals surface area contributed by atoms with Crippen molar-refractivity contribution < 1.29 is 22.0 Å². The Morgan fingerprint density at radius 3 is 2.77 bits per heavy atom. The minimum atomic E-state index is -3.58. The van der Waals surface area contributed by atoms with Crippen molar-refractivity contribution in [1.82, 2.24) is 40.1 Å². The van der Waals surface area contributed by atoms with Crippen LogP contribution < -0.4 is 4.72 Å². The van der Waals surface area contributed by atoms with Gasteiger partial charge in [0.05, 0.1) is 23.0 Å². The van der Waals surface area contributed by atoms with Gasteiger partial charge in [-0.05, 0) is 59.5 Å². The number of benzene rings is 1. The minimum Gasteiger partial charge on any atom is -0.326 e. The number of halogens is 3. The van der Waals surface area contributed by atoms with E-state index >= 15 is 8.78 Å². The molecule has 2 unspecified atom stereocenters. The second-order valence-electron chi connectivity index (χ2n) is 9.46. The summed E-state index contributed by atoms with van der Waals surface area (Å²) in [4.78, 5) is 26.0. The third-order valence-electron chi connectivity index (χ3n) is 6.82. The van der Waals surface area contributed by atoms with Crippen molar-refractivity contribution in [3.05, 3.63) is 71.0 Å². The van der Waals surface area contributed by atoms with E-state index in [1.165, 1.54) is 41.5 Å².